The second kappa shape index (κ2) is 8.14. The van der Waals surface area contributed by atoms with Crippen molar-refractivity contribution in [2.75, 3.05) is 19.7 Å². The van der Waals surface area contributed by atoms with E-state index < -0.39 is 30.8 Å². The number of halogens is 5. The lowest BCUT2D eigenvalue weighted by Gasteiger charge is -2.24. The molecule has 1 saturated heterocycles. The van der Waals surface area contributed by atoms with Gasteiger partial charge in [0, 0.05) is 18.1 Å². The molecule has 0 radical (unpaired) electrons. The molecule has 1 atom stereocenters. The summed E-state index contributed by atoms with van der Waals surface area (Å²) in [6, 6.07) is 3.97. The predicted octanol–water partition coefficient (Wildman–Crippen LogP) is 3.89. The minimum atomic E-state index is -4.58. The summed E-state index contributed by atoms with van der Waals surface area (Å²) in [4.78, 5) is 25.1. The molecule has 0 bridgehead atoms. The number of likely N-dealkylation sites (tertiary alicyclic amines) is 1. The van der Waals surface area contributed by atoms with Crippen molar-refractivity contribution in [3.63, 3.8) is 0 Å². The highest BCUT2D eigenvalue weighted by molar-refractivity contribution is 6.36. The third kappa shape index (κ3) is 5.67. The maximum atomic E-state index is 12.1. The van der Waals surface area contributed by atoms with Crippen molar-refractivity contribution in [2.45, 2.75) is 25.1 Å². The van der Waals surface area contributed by atoms with Gasteiger partial charge in [-0.15, -0.1) is 0 Å². The van der Waals surface area contributed by atoms with Crippen LogP contribution in [0.15, 0.2) is 18.2 Å². The van der Waals surface area contributed by atoms with Crippen molar-refractivity contribution >= 4 is 35.2 Å². The Balaban J connectivity index is 1.90. The van der Waals surface area contributed by atoms with Gasteiger partial charge in [0.25, 0.3) is 5.91 Å². The highest BCUT2D eigenvalue weighted by Crippen LogP contribution is 2.22. The fourth-order valence-electron chi connectivity index (χ4n) is 2.49. The maximum Gasteiger partial charge on any atom is 0.422 e. The number of nitrogens with zero attached hydrogens (tertiary/aromatic N) is 1. The van der Waals surface area contributed by atoms with Crippen LogP contribution in [0.4, 0.5) is 18.0 Å². The molecule has 1 aliphatic heterocycles. The Morgan fingerprint density at radius 1 is 1.32 bits per heavy atom. The van der Waals surface area contributed by atoms with Crippen LogP contribution in [0, 0.1) is 0 Å². The van der Waals surface area contributed by atoms with Crippen molar-refractivity contribution in [1.82, 2.24) is 10.2 Å². The number of carbonyl (C=O) groups is 2. The van der Waals surface area contributed by atoms with E-state index in [1.807, 2.05) is 0 Å². The van der Waals surface area contributed by atoms with E-state index in [-0.39, 0.29) is 23.7 Å². The largest absolute Gasteiger partial charge is 0.440 e. The first-order valence-corrected chi connectivity index (χ1v) is 8.16. The molecule has 2 amide bonds. The van der Waals surface area contributed by atoms with Crippen LogP contribution in [-0.4, -0.2) is 48.8 Å². The standard InChI is InChI=1S/C15H15Cl2F3N2O3/c16-9-3-4-11(12(17)6-9)13(23)21-7-10-2-1-5-22(10)14(24)25-8-15(18,19)20/h3-4,6,10H,1-2,5,7-8H2,(H,21,23)/t10-/m0/s1. The van der Waals surface area contributed by atoms with E-state index in [0.717, 1.165) is 0 Å². The third-order valence-electron chi connectivity index (χ3n) is 3.64. The van der Waals surface area contributed by atoms with Crippen molar-refractivity contribution in [3.8, 4) is 0 Å². The highest BCUT2D eigenvalue weighted by atomic mass is 35.5. The molecule has 1 N–H and O–H groups in total. The molecule has 25 heavy (non-hydrogen) atoms. The minimum absolute atomic E-state index is 0.0822. The van der Waals surface area contributed by atoms with Crippen LogP contribution in [0.5, 0.6) is 0 Å². The van der Waals surface area contributed by atoms with Gasteiger partial charge in [0.2, 0.25) is 0 Å². The van der Waals surface area contributed by atoms with Crippen LogP contribution in [0.1, 0.15) is 23.2 Å². The molecule has 0 aromatic heterocycles. The van der Waals surface area contributed by atoms with Crippen LogP contribution in [-0.2, 0) is 4.74 Å². The quantitative estimate of drug-likeness (QED) is 0.836. The molecule has 0 unspecified atom stereocenters. The summed E-state index contributed by atoms with van der Waals surface area (Å²) in [5.74, 6) is -0.461. The zero-order chi connectivity index (χ0) is 18.6. The van der Waals surface area contributed by atoms with Gasteiger partial charge in [-0.3, -0.25) is 4.79 Å². The first-order valence-electron chi connectivity index (χ1n) is 7.41. The van der Waals surface area contributed by atoms with Gasteiger partial charge in [-0.05, 0) is 31.0 Å². The van der Waals surface area contributed by atoms with E-state index in [9.17, 15) is 22.8 Å². The predicted molar refractivity (Wildman–Crippen MR) is 85.9 cm³/mol. The average molecular weight is 399 g/mol. The topological polar surface area (TPSA) is 58.6 Å². The molecule has 0 aliphatic carbocycles. The number of carbonyl (C=O) groups excluding carboxylic acids is 2. The van der Waals surface area contributed by atoms with Crippen LogP contribution >= 0.6 is 23.2 Å². The maximum absolute atomic E-state index is 12.1. The van der Waals surface area contributed by atoms with Gasteiger partial charge in [0.15, 0.2) is 6.61 Å². The Morgan fingerprint density at radius 3 is 2.68 bits per heavy atom. The summed E-state index contributed by atoms with van der Waals surface area (Å²) in [5.41, 5.74) is 0.218. The van der Waals surface area contributed by atoms with Crippen molar-refractivity contribution in [1.29, 1.82) is 0 Å². The van der Waals surface area contributed by atoms with Crippen LogP contribution in [0.2, 0.25) is 10.0 Å². The van der Waals surface area contributed by atoms with Gasteiger partial charge in [-0.1, -0.05) is 23.2 Å². The molecule has 1 aromatic rings. The van der Waals surface area contributed by atoms with E-state index in [0.29, 0.717) is 17.9 Å². The highest BCUT2D eigenvalue weighted by Gasteiger charge is 2.34. The number of rotatable bonds is 4. The summed E-state index contributed by atoms with van der Waals surface area (Å²) in [5, 5.41) is 3.18. The first-order chi connectivity index (χ1) is 11.7. The molecule has 1 fully saturated rings. The number of hydrogen-bond acceptors (Lipinski definition) is 3. The monoisotopic (exact) mass is 398 g/mol. The fourth-order valence-corrected chi connectivity index (χ4v) is 2.99. The summed E-state index contributed by atoms with van der Waals surface area (Å²) < 4.78 is 40.7. The van der Waals surface area contributed by atoms with E-state index in [1.165, 1.54) is 23.1 Å². The molecular weight excluding hydrogens is 384 g/mol. The zero-order valence-corrected chi connectivity index (χ0v) is 14.4. The Bertz CT molecular complexity index is 655. The molecule has 1 aliphatic rings. The average Bonchev–Trinajstić information content (AvgIpc) is 2.98. The number of amides is 2. The first kappa shape index (κ1) is 19.7. The van der Waals surface area contributed by atoms with Gasteiger partial charge in [-0.2, -0.15) is 13.2 Å². The third-order valence-corrected chi connectivity index (χ3v) is 4.19. The molecule has 0 spiro atoms. The molecular formula is C15H15Cl2F3N2O3. The Kier molecular flexibility index (Phi) is 6.40. The van der Waals surface area contributed by atoms with E-state index in [1.54, 1.807) is 0 Å². The molecule has 2 rings (SSSR count). The van der Waals surface area contributed by atoms with Crippen LogP contribution < -0.4 is 5.32 Å². The number of alkyl halides is 3. The Hall–Kier alpha value is -1.67. The van der Waals surface area contributed by atoms with Crippen molar-refractivity contribution in [2.24, 2.45) is 0 Å². The van der Waals surface area contributed by atoms with Crippen LogP contribution in [0.25, 0.3) is 0 Å². The Morgan fingerprint density at radius 2 is 2.04 bits per heavy atom. The van der Waals surface area contributed by atoms with Gasteiger partial charge in [-0.25, -0.2) is 4.79 Å². The summed E-state index contributed by atoms with van der Waals surface area (Å²) >= 11 is 11.7. The van der Waals surface area contributed by atoms with Gasteiger partial charge in [0.1, 0.15) is 0 Å². The second-order valence-corrected chi connectivity index (χ2v) is 6.34. The molecule has 5 nitrogen and oxygen atoms in total. The zero-order valence-electron chi connectivity index (χ0n) is 12.9. The van der Waals surface area contributed by atoms with Crippen molar-refractivity contribution in [3.05, 3.63) is 33.8 Å². The SMILES string of the molecule is O=C(NC[C@@H]1CCCN1C(=O)OCC(F)(F)F)c1ccc(Cl)cc1Cl. The van der Waals surface area contributed by atoms with Gasteiger partial charge >= 0.3 is 12.3 Å². The lowest BCUT2D eigenvalue weighted by Crippen LogP contribution is -2.44. The second-order valence-electron chi connectivity index (χ2n) is 5.49. The van der Waals surface area contributed by atoms with Gasteiger partial charge in [0.05, 0.1) is 16.6 Å². The molecule has 1 aromatic carbocycles. The number of hydrogen-bond donors (Lipinski definition) is 1. The molecule has 10 heteroatoms. The Labute approximate surface area is 152 Å². The van der Waals surface area contributed by atoms with Gasteiger partial charge < -0.3 is 15.0 Å². The number of ether oxygens (including phenoxy) is 1. The summed E-state index contributed by atoms with van der Waals surface area (Å²) in [6.45, 7) is -1.28. The van der Waals surface area contributed by atoms with E-state index >= 15 is 0 Å². The molecule has 138 valence electrons. The van der Waals surface area contributed by atoms with Crippen LogP contribution in [0.3, 0.4) is 0 Å². The van der Waals surface area contributed by atoms with Crippen molar-refractivity contribution < 1.29 is 27.5 Å². The normalized spacial score (nSPS) is 17.5. The summed E-state index contributed by atoms with van der Waals surface area (Å²) in [6.07, 6.45) is -4.46. The van der Waals surface area contributed by atoms with E-state index in [2.05, 4.69) is 10.1 Å². The fraction of sp³-hybridized carbons (Fsp3) is 0.467. The molecule has 1 heterocycles. The van der Waals surface area contributed by atoms with E-state index in [4.69, 9.17) is 23.2 Å². The minimum Gasteiger partial charge on any atom is -0.440 e. The molecule has 0 saturated carbocycles. The lowest BCUT2D eigenvalue weighted by molar-refractivity contribution is -0.162. The number of benzene rings is 1. The number of nitrogens with one attached hydrogen (secondary N) is 1. The lowest BCUT2D eigenvalue weighted by atomic mass is 10.2. The summed E-state index contributed by atoms with van der Waals surface area (Å²) in [7, 11) is 0. The smallest absolute Gasteiger partial charge is 0.422 e.